The Bertz CT molecular complexity index is 1070. The molecule has 1 saturated heterocycles. The number of amides is 3. The Labute approximate surface area is 223 Å². The van der Waals surface area contributed by atoms with Crippen LogP contribution in [0, 0.1) is 23.4 Å². The minimum Gasteiger partial charge on any atom is -0.337 e. The Kier molecular flexibility index (Phi) is 12.5. The van der Waals surface area contributed by atoms with Crippen LogP contribution in [0.2, 0.25) is 0 Å². The van der Waals surface area contributed by atoms with Crippen LogP contribution in [0.3, 0.4) is 0 Å². The molecule has 0 saturated carbocycles. The highest BCUT2D eigenvalue weighted by molar-refractivity contribution is 7.59. The molecule has 0 radical (unpaired) electrons. The van der Waals surface area contributed by atoms with Crippen LogP contribution in [0.4, 0.5) is 27.6 Å². The van der Waals surface area contributed by atoms with Gasteiger partial charge < -0.3 is 15.5 Å². The van der Waals surface area contributed by atoms with Gasteiger partial charge in [0.1, 0.15) is 5.69 Å². The Morgan fingerprint density at radius 2 is 1.78 bits per heavy atom. The molecule has 0 spiro atoms. The van der Waals surface area contributed by atoms with Crippen molar-refractivity contribution in [2.75, 3.05) is 11.9 Å². The van der Waals surface area contributed by atoms with Crippen molar-refractivity contribution in [1.82, 2.24) is 25.6 Å². The molecule has 37 heavy (non-hydrogen) atoms. The van der Waals surface area contributed by atoms with Crippen LogP contribution in [0.5, 0.6) is 0 Å². The lowest BCUT2D eigenvalue weighted by Crippen LogP contribution is -2.52. The SMILES string of the molecule is C.C[C@H]1[C@@H](C(=O)Nc2cc(F)c(F)c(F)c2)CCN1C(=O)C(=O)N[C@@](C)(CC(F)F)c1cn[nH]n1.S.S. The molecule has 1 aliphatic rings. The number of carbonyl (C=O) groups excluding carboxylic acids is 3. The van der Waals surface area contributed by atoms with Crippen LogP contribution >= 0.6 is 27.0 Å². The third-order valence-corrected chi connectivity index (χ3v) is 5.73. The van der Waals surface area contributed by atoms with E-state index >= 15 is 0 Å². The molecular weight excluding hydrogens is 543 g/mol. The molecule has 1 fully saturated rings. The van der Waals surface area contributed by atoms with E-state index in [4.69, 9.17) is 0 Å². The average Bonchev–Trinajstić information content (AvgIpc) is 3.41. The lowest BCUT2D eigenvalue weighted by molar-refractivity contribution is -0.148. The first-order chi connectivity index (χ1) is 15.9. The van der Waals surface area contributed by atoms with E-state index in [0.29, 0.717) is 12.1 Å². The number of likely N-dealkylation sites (tertiary alicyclic amines) is 1. The minimum atomic E-state index is -2.82. The molecule has 208 valence electrons. The van der Waals surface area contributed by atoms with E-state index in [2.05, 4.69) is 26.0 Å². The van der Waals surface area contributed by atoms with Crippen molar-refractivity contribution < 1.29 is 36.3 Å². The largest absolute Gasteiger partial charge is 0.337 e. The van der Waals surface area contributed by atoms with Gasteiger partial charge in [-0.3, -0.25) is 14.4 Å². The second-order valence-electron chi connectivity index (χ2n) is 8.11. The van der Waals surface area contributed by atoms with Gasteiger partial charge in [-0.15, -0.1) is 0 Å². The Morgan fingerprint density at radius 1 is 1.19 bits per heavy atom. The first kappa shape index (κ1) is 34.1. The van der Waals surface area contributed by atoms with Crippen molar-refractivity contribution in [3.05, 3.63) is 41.5 Å². The van der Waals surface area contributed by atoms with Gasteiger partial charge in [0.25, 0.3) is 0 Å². The molecule has 0 aliphatic carbocycles. The van der Waals surface area contributed by atoms with Crippen molar-refractivity contribution in [2.45, 2.75) is 52.1 Å². The second kappa shape index (κ2) is 13.6. The molecule has 1 aromatic heterocycles. The molecule has 0 unspecified atom stereocenters. The van der Waals surface area contributed by atoms with Gasteiger partial charge in [-0.1, -0.05) is 7.43 Å². The monoisotopic (exact) mass is 572 g/mol. The third kappa shape index (κ3) is 7.56. The normalized spacial score (nSPS) is 18.1. The fourth-order valence-electron chi connectivity index (χ4n) is 3.87. The number of carbonyl (C=O) groups is 3. The van der Waals surface area contributed by atoms with Gasteiger partial charge in [0, 0.05) is 36.8 Å². The predicted octanol–water partition coefficient (Wildman–Crippen LogP) is 2.95. The fourth-order valence-corrected chi connectivity index (χ4v) is 3.87. The highest BCUT2D eigenvalue weighted by Crippen LogP contribution is 2.28. The number of anilines is 1. The van der Waals surface area contributed by atoms with Gasteiger partial charge in [-0.25, -0.2) is 22.0 Å². The van der Waals surface area contributed by atoms with Gasteiger partial charge in [0.15, 0.2) is 17.5 Å². The number of alkyl halides is 2. The lowest BCUT2D eigenvalue weighted by atomic mass is 9.94. The summed E-state index contributed by atoms with van der Waals surface area (Å²) in [6, 6.07) is 0.418. The summed E-state index contributed by atoms with van der Waals surface area (Å²) < 4.78 is 66.1. The van der Waals surface area contributed by atoms with E-state index in [1.54, 1.807) is 0 Å². The number of hydrogen-bond donors (Lipinski definition) is 3. The number of halogens is 5. The standard InChI is InChI=1S/C20H21F5N6O3.CH4.2H2S/c1-9-11(17(32)27-10-5-12(21)16(25)13(22)6-10)3-4-31(9)19(34)18(33)28-20(2,7-15(23)24)14-8-26-30-29-14;;;/h5-6,8-9,11,15H,3-4,7H2,1-2H3,(H,27,32)(H,28,33)(H,26,29,30);1H4;2*1H2/t9-,11-,20-;;;/m0.../s1. The number of aromatic amines is 1. The molecule has 2 aromatic rings. The van der Waals surface area contributed by atoms with Crippen molar-refractivity contribution in [2.24, 2.45) is 5.92 Å². The smallest absolute Gasteiger partial charge is 0.312 e. The summed E-state index contributed by atoms with van der Waals surface area (Å²) in [5.74, 6) is -8.43. The zero-order valence-corrected chi connectivity index (χ0v) is 21.0. The summed E-state index contributed by atoms with van der Waals surface area (Å²) in [6.07, 6.45) is -2.38. The topological polar surface area (TPSA) is 120 Å². The first-order valence-corrected chi connectivity index (χ1v) is 10.2. The van der Waals surface area contributed by atoms with Gasteiger partial charge in [0.05, 0.1) is 17.7 Å². The zero-order chi connectivity index (χ0) is 25.2. The predicted molar refractivity (Wildman–Crippen MR) is 134 cm³/mol. The van der Waals surface area contributed by atoms with Crippen LogP contribution in [0.15, 0.2) is 18.3 Å². The van der Waals surface area contributed by atoms with Crippen LogP contribution in [-0.2, 0) is 19.9 Å². The maximum absolute atomic E-state index is 13.4. The maximum atomic E-state index is 13.4. The van der Waals surface area contributed by atoms with E-state index in [-0.39, 0.29) is 58.8 Å². The Balaban J connectivity index is 0.00000432. The molecule has 0 bridgehead atoms. The molecule has 3 N–H and O–H groups in total. The van der Waals surface area contributed by atoms with Gasteiger partial charge in [-0.2, -0.15) is 42.4 Å². The fraction of sp³-hybridized carbons (Fsp3) is 0.476. The summed E-state index contributed by atoms with van der Waals surface area (Å²) in [4.78, 5) is 39.0. The Hall–Kier alpha value is -2.88. The van der Waals surface area contributed by atoms with E-state index in [9.17, 15) is 36.3 Å². The molecule has 9 nitrogen and oxygen atoms in total. The van der Waals surface area contributed by atoms with E-state index in [1.807, 2.05) is 0 Å². The number of nitrogens with one attached hydrogen (secondary N) is 3. The highest BCUT2D eigenvalue weighted by atomic mass is 32.1. The van der Waals surface area contributed by atoms with Crippen LogP contribution in [-0.4, -0.2) is 57.0 Å². The Morgan fingerprint density at radius 3 is 2.30 bits per heavy atom. The second-order valence-corrected chi connectivity index (χ2v) is 8.11. The lowest BCUT2D eigenvalue weighted by Gasteiger charge is -2.30. The molecule has 2 heterocycles. The third-order valence-electron chi connectivity index (χ3n) is 5.73. The van der Waals surface area contributed by atoms with E-state index in [1.165, 1.54) is 13.8 Å². The van der Waals surface area contributed by atoms with Crippen LogP contribution < -0.4 is 10.6 Å². The minimum absolute atomic E-state index is 0. The molecule has 3 atom stereocenters. The van der Waals surface area contributed by atoms with Gasteiger partial charge >= 0.3 is 11.8 Å². The van der Waals surface area contributed by atoms with Crippen LogP contribution in [0.25, 0.3) is 0 Å². The summed E-state index contributed by atoms with van der Waals surface area (Å²) in [5.41, 5.74) is -2.00. The molecular formula is C21H29F5N6O3S2. The molecule has 1 aliphatic heterocycles. The van der Waals surface area contributed by atoms with E-state index < -0.39 is 65.5 Å². The van der Waals surface area contributed by atoms with Gasteiger partial charge in [-0.05, 0) is 20.3 Å². The molecule has 3 rings (SSSR count). The summed E-state index contributed by atoms with van der Waals surface area (Å²) in [5, 5.41) is 14.1. The van der Waals surface area contributed by atoms with Crippen molar-refractivity contribution >= 4 is 50.4 Å². The molecule has 3 amide bonds. The summed E-state index contributed by atoms with van der Waals surface area (Å²) in [7, 11) is 0. The van der Waals surface area contributed by atoms with Crippen molar-refractivity contribution in [3.8, 4) is 0 Å². The van der Waals surface area contributed by atoms with Crippen molar-refractivity contribution in [1.29, 1.82) is 0 Å². The summed E-state index contributed by atoms with van der Waals surface area (Å²) in [6.45, 7) is 2.75. The number of hydrogen-bond acceptors (Lipinski definition) is 5. The zero-order valence-electron chi connectivity index (χ0n) is 19.0. The van der Waals surface area contributed by atoms with Crippen molar-refractivity contribution in [3.63, 3.8) is 0 Å². The number of benzene rings is 1. The quantitative estimate of drug-likeness (QED) is 0.279. The number of nitrogens with zero attached hydrogens (tertiary/aromatic N) is 3. The van der Waals surface area contributed by atoms with Crippen LogP contribution in [0.1, 0.15) is 39.8 Å². The number of H-pyrrole nitrogens is 1. The van der Waals surface area contributed by atoms with Gasteiger partial charge in [0.2, 0.25) is 12.3 Å². The summed E-state index contributed by atoms with van der Waals surface area (Å²) >= 11 is 0. The molecule has 16 heteroatoms. The molecule has 1 aromatic carbocycles. The maximum Gasteiger partial charge on any atom is 0.312 e. The number of rotatable bonds is 6. The van der Waals surface area contributed by atoms with E-state index in [0.717, 1.165) is 11.1 Å². The first-order valence-electron chi connectivity index (χ1n) is 10.2. The highest BCUT2D eigenvalue weighted by Gasteiger charge is 2.42. The average molecular weight is 573 g/mol. The number of aromatic nitrogens is 3.